The lowest BCUT2D eigenvalue weighted by atomic mass is 10.0. The van der Waals surface area contributed by atoms with Gasteiger partial charge in [-0.15, -0.1) is 0 Å². The summed E-state index contributed by atoms with van der Waals surface area (Å²) in [5, 5.41) is 9.16. The van der Waals surface area contributed by atoms with Crippen LogP contribution in [-0.2, 0) is 9.47 Å². The number of allylic oxidation sites excluding steroid dienone is 1. The number of imidazole rings is 1. The minimum Gasteiger partial charge on any atom is -0.353 e. The van der Waals surface area contributed by atoms with Crippen LogP contribution in [0.15, 0.2) is 36.7 Å². The summed E-state index contributed by atoms with van der Waals surface area (Å²) < 4.78 is 13.3. The Hall–Kier alpha value is -2.16. The van der Waals surface area contributed by atoms with E-state index in [9.17, 15) is 0 Å². The number of aromatic nitrogens is 2. The maximum atomic E-state index is 9.16. The van der Waals surface area contributed by atoms with Crippen molar-refractivity contribution < 1.29 is 9.47 Å². The molecule has 1 atom stereocenters. The molecule has 0 spiro atoms. The van der Waals surface area contributed by atoms with Crippen LogP contribution in [-0.4, -0.2) is 28.0 Å². The van der Waals surface area contributed by atoms with Crippen LogP contribution >= 0.6 is 0 Å². The number of rotatable bonds is 6. The molecule has 1 heterocycles. The van der Waals surface area contributed by atoms with Crippen LogP contribution in [0.4, 0.5) is 0 Å². The van der Waals surface area contributed by atoms with Gasteiger partial charge in [0.25, 0.3) is 0 Å². The fourth-order valence-electron chi connectivity index (χ4n) is 2.49. The maximum Gasteiger partial charge on any atom is 0.156 e. The van der Waals surface area contributed by atoms with Crippen molar-refractivity contribution in [2.24, 2.45) is 0 Å². The Morgan fingerprint density at radius 1 is 1.45 bits per heavy atom. The molecule has 2 rings (SSSR count). The van der Waals surface area contributed by atoms with Crippen LogP contribution in [0, 0.1) is 11.3 Å². The molecule has 5 heteroatoms. The molecule has 0 bridgehead atoms. The highest BCUT2D eigenvalue weighted by atomic mass is 16.7. The highest BCUT2D eigenvalue weighted by molar-refractivity contribution is 5.80. The quantitative estimate of drug-likeness (QED) is 0.604. The van der Waals surface area contributed by atoms with Gasteiger partial charge in [-0.25, -0.2) is 4.98 Å². The molecule has 5 nitrogen and oxygen atoms in total. The Morgan fingerprint density at radius 3 is 2.86 bits per heavy atom. The van der Waals surface area contributed by atoms with Gasteiger partial charge in [0.15, 0.2) is 6.29 Å². The third-order valence-corrected chi connectivity index (χ3v) is 3.39. The van der Waals surface area contributed by atoms with Gasteiger partial charge in [-0.2, -0.15) is 5.26 Å². The molecule has 0 N–H and O–H groups in total. The lowest BCUT2D eigenvalue weighted by Gasteiger charge is -2.31. The zero-order valence-electron chi connectivity index (χ0n) is 13.4. The first-order valence-electron chi connectivity index (χ1n) is 7.31. The SMILES string of the molecule is CCO[C@@H](C)OC(C)(C)/C(=C/C#N)n1cnc2ccccc21. The predicted molar refractivity (Wildman–Crippen MR) is 85.9 cm³/mol. The van der Waals surface area contributed by atoms with Crippen LogP contribution in [0.3, 0.4) is 0 Å². The topological polar surface area (TPSA) is 60.1 Å². The molecule has 0 aliphatic carbocycles. The molecule has 0 saturated heterocycles. The van der Waals surface area contributed by atoms with Crippen molar-refractivity contribution in [3.8, 4) is 6.07 Å². The van der Waals surface area contributed by atoms with Crippen molar-refractivity contribution >= 4 is 16.7 Å². The van der Waals surface area contributed by atoms with Gasteiger partial charge in [-0.3, -0.25) is 4.57 Å². The summed E-state index contributed by atoms with van der Waals surface area (Å²) in [6, 6.07) is 9.89. The van der Waals surface area contributed by atoms with Gasteiger partial charge in [0.2, 0.25) is 0 Å². The Kier molecular flexibility index (Phi) is 4.96. The van der Waals surface area contributed by atoms with Crippen LogP contribution in [0.5, 0.6) is 0 Å². The first-order valence-corrected chi connectivity index (χ1v) is 7.31. The molecule has 0 unspecified atom stereocenters. The van der Waals surface area contributed by atoms with Gasteiger partial charge >= 0.3 is 0 Å². The molecule has 1 aromatic carbocycles. The first kappa shape index (κ1) is 16.2. The second kappa shape index (κ2) is 6.73. The predicted octanol–water partition coefficient (Wildman–Crippen LogP) is 3.58. The third-order valence-electron chi connectivity index (χ3n) is 3.39. The summed E-state index contributed by atoms with van der Waals surface area (Å²) in [5.74, 6) is 0. The molecule has 0 radical (unpaired) electrons. The largest absolute Gasteiger partial charge is 0.353 e. The molecule has 0 fully saturated rings. The smallest absolute Gasteiger partial charge is 0.156 e. The summed E-state index contributed by atoms with van der Waals surface area (Å²) in [6.45, 7) is 8.17. The van der Waals surface area contributed by atoms with Crippen molar-refractivity contribution in [1.82, 2.24) is 9.55 Å². The van der Waals surface area contributed by atoms with E-state index in [1.165, 1.54) is 6.08 Å². The lowest BCUT2D eigenvalue weighted by Crippen LogP contribution is -2.34. The standard InChI is InChI=1S/C17H21N3O2/c1-5-21-13(2)22-17(3,4)16(10-11-18)20-12-19-14-8-6-7-9-15(14)20/h6-10,12-13H,5H2,1-4H3/b16-10-/t13-/m1/s1. The number of ether oxygens (including phenoxy) is 2. The summed E-state index contributed by atoms with van der Waals surface area (Å²) in [4.78, 5) is 4.38. The molecule has 0 aliphatic rings. The molecule has 22 heavy (non-hydrogen) atoms. The average molecular weight is 299 g/mol. The third kappa shape index (κ3) is 3.35. The number of fused-ring (bicyclic) bond motifs is 1. The fourth-order valence-corrected chi connectivity index (χ4v) is 2.49. The van der Waals surface area contributed by atoms with Crippen molar-refractivity contribution in [3.05, 3.63) is 36.7 Å². The number of hydrogen-bond donors (Lipinski definition) is 0. The monoisotopic (exact) mass is 299 g/mol. The van der Waals surface area contributed by atoms with Gasteiger partial charge in [0, 0.05) is 12.7 Å². The molecular weight excluding hydrogens is 278 g/mol. The molecule has 116 valence electrons. The maximum absolute atomic E-state index is 9.16. The molecular formula is C17H21N3O2. The first-order chi connectivity index (χ1) is 10.5. The minimum absolute atomic E-state index is 0.364. The Balaban J connectivity index is 2.42. The molecule has 0 saturated carbocycles. The molecule has 1 aromatic heterocycles. The Labute approximate surface area is 130 Å². The van der Waals surface area contributed by atoms with Gasteiger partial charge in [-0.05, 0) is 39.8 Å². The average Bonchev–Trinajstić information content (AvgIpc) is 2.88. The summed E-state index contributed by atoms with van der Waals surface area (Å²) >= 11 is 0. The number of hydrogen-bond acceptors (Lipinski definition) is 4. The van der Waals surface area contributed by atoms with E-state index in [2.05, 4.69) is 11.1 Å². The van der Waals surface area contributed by atoms with Crippen molar-refractivity contribution in [1.29, 1.82) is 5.26 Å². The lowest BCUT2D eigenvalue weighted by molar-refractivity contribution is -0.170. The molecule has 2 aromatic rings. The number of nitriles is 1. The zero-order valence-corrected chi connectivity index (χ0v) is 13.4. The van der Waals surface area contributed by atoms with Gasteiger partial charge in [0.05, 0.1) is 22.8 Å². The van der Waals surface area contributed by atoms with E-state index in [0.717, 1.165) is 16.7 Å². The highest BCUT2D eigenvalue weighted by Crippen LogP contribution is 2.29. The zero-order chi connectivity index (χ0) is 16.2. The fraction of sp³-hybridized carbons (Fsp3) is 0.412. The van der Waals surface area contributed by atoms with Gasteiger partial charge < -0.3 is 9.47 Å². The van der Waals surface area contributed by atoms with Crippen LogP contribution in [0.1, 0.15) is 27.7 Å². The van der Waals surface area contributed by atoms with Crippen molar-refractivity contribution in [3.63, 3.8) is 0 Å². The molecule has 0 amide bonds. The molecule has 0 aliphatic heterocycles. The van der Waals surface area contributed by atoms with Crippen molar-refractivity contribution in [2.45, 2.75) is 39.6 Å². The van der Waals surface area contributed by atoms with Crippen LogP contribution < -0.4 is 0 Å². The highest BCUT2D eigenvalue weighted by Gasteiger charge is 2.29. The van der Waals surface area contributed by atoms with Crippen molar-refractivity contribution in [2.75, 3.05) is 6.61 Å². The van der Waals surface area contributed by atoms with Crippen LogP contribution in [0.2, 0.25) is 0 Å². The van der Waals surface area contributed by atoms with E-state index in [1.807, 2.05) is 56.5 Å². The van der Waals surface area contributed by atoms with E-state index in [4.69, 9.17) is 14.7 Å². The summed E-state index contributed by atoms with van der Waals surface area (Å²) in [5.41, 5.74) is 1.83. The Morgan fingerprint density at radius 2 is 2.18 bits per heavy atom. The van der Waals surface area contributed by atoms with E-state index in [1.54, 1.807) is 6.33 Å². The number of benzene rings is 1. The summed E-state index contributed by atoms with van der Waals surface area (Å²) in [6.07, 6.45) is 2.84. The van der Waals surface area contributed by atoms with E-state index >= 15 is 0 Å². The van der Waals surface area contributed by atoms with E-state index in [0.29, 0.717) is 6.61 Å². The minimum atomic E-state index is -0.701. The van der Waals surface area contributed by atoms with Crippen LogP contribution in [0.25, 0.3) is 16.7 Å². The second-order valence-corrected chi connectivity index (χ2v) is 5.41. The second-order valence-electron chi connectivity index (χ2n) is 5.41. The van der Waals surface area contributed by atoms with E-state index in [-0.39, 0.29) is 6.29 Å². The van der Waals surface area contributed by atoms with E-state index < -0.39 is 5.60 Å². The Bertz CT molecular complexity index is 710. The van der Waals surface area contributed by atoms with Gasteiger partial charge in [-0.1, -0.05) is 12.1 Å². The normalized spacial score (nSPS) is 14.0. The summed E-state index contributed by atoms with van der Waals surface area (Å²) in [7, 11) is 0. The van der Waals surface area contributed by atoms with Gasteiger partial charge in [0.1, 0.15) is 11.9 Å². The number of nitrogens with zero attached hydrogens (tertiary/aromatic N) is 3. The number of para-hydroxylation sites is 2.